The molecule has 4 heteroatoms. The maximum Gasteiger partial charge on any atom is 0.161 e. The summed E-state index contributed by atoms with van der Waals surface area (Å²) in [6.07, 6.45) is 1.20. The molecule has 0 aliphatic rings. The maximum atomic E-state index is 9.65. The molecule has 0 saturated heterocycles. The Morgan fingerprint density at radius 1 is 1.20 bits per heavy atom. The topological polar surface area (TPSA) is 44.7 Å². The zero-order valence-corrected chi connectivity index (χ0v) is 13.0. The van der Waals surface area contributed by atoms with Crippen molar-refractivity contribution >= 4 is 0 Å². The minimum Gasteiger partial charge on any atom is -0.504 e. The van der Waals surface area contributed by atoms with E-state index in [1.807, 2.05) is 19.1 Å². The third-order valence-corrected chi connectivity index (χ3v) is 3.25. The van der Waals surface area contributed by atoms with E-state index >= 15 is 0 Å². The van der Waals surface area contributed by atoms with Gasteiger partial charge < -0.3 is 20.1 Å². The SMILES string of the molecule is CCCN(CC)CCNCc1ccc(O)c(OCC)c1. The van der Waals surface area contributed by atoms with Gasteiger partial charge in [0, 0.05) is 19.6 Å². The summed E-state index contributed by atoms with van der Waals surface area (Å²) in [4.78, 5) is 2.44. The third kappa shape index (κ3) is 5.80. The molecule has 0 aliphatic heterocycles. The van der Waals surface area contributed by atoms with Crippen LogP contribution in [0.25, 0.3) is 0 Å². The highest BCUT2D eigenvalue weighted by molar-refractivity contribution is 5.41. The lowest BCUT2D eigenvalue weighted by atomic mass is 10.2. The van der Waals surface area contributed by atoms with Gasteiger partial charge in [-0.05, 0) is 44.1 Å². The summed E-state index contributed by atoms with van der Waals surface area (Å²) in [5, 5.41) is 13.1. The number of phenols is 1. The van der Waals surface area contributed by atoms with E-state index in [-0.39, 0.29) is 5.75 Å². The van der Waals surface area contributed by atoms with E-state index in [0.717, 1.165) is 38.3 Å². The van der Waals surface area contributed by atoms with Crippen LogP contribution in [0.4, 0.5) is 0 Å². The highest BCUT2D eigenvalue weighted by Crippen LogP contribution is 2.26. The Morgan fingerprint density at radius 2 is 2.00 bits per heavy atom. The van der Waals surface area contributed by atoms with Crippen LogP contribution in [0.15, 0.2) is 18.2 Å². The Labute approximate surface area is 122 Å². The molecule has 0 fully saturated rings. The van der Waals surface area contributed by atoms with Crippen molar-refractivity contribution in [2.24, 2.45) is 0 Å². The maximum absolute atomic E-state index is 9.65. The van der Waals surface area contributed by atoms with Crippen molar-refractivity contribution in [3.8, 4) is 11.5 Å². The first-order valence-corrected chi connectivity index (χ1v) is 7.59. The van der Waals surface area contributed by atoms with E-state index in [0.29, 0.717) is 12.4 Å². The molecule has 0 heterocycles. The van der Waals surface area contributed by atoms with E-state index < -0.39 is 0 Å². The van der Waals surface area contributed by atoms with Crippen LogP contribution < -0.4 is 10.1 Å². The minimum atomic E-state index is 0.204. The van der Waals surface area contributed by atoms with Crippen molar-refractivity contribution in [1.29, 1.82) is 0 Å². The van der Waals surface area contributed by atoms with Crippen molar-refractivity contribution in [3.63, 3.8) is 0 Å². The second-order valence-electron chi connectivity index (χ2n) is 4.85. The summed E-state index contributed by atoms with van der Waals surface area (Å²) < 4.78 is 5.39. The van der Waals surface area contributed by atoms with Crippen LogP contribution in [0.3, 0.4) is 0 Å². The zero-order valence-electron chi connectivity index (χ0n) is 13.0. The number of nitrogens with zero attached hydrogens (tertiary/aromatic N) is 1. The number of hydrogen-bond donors (Lipinski definition) is 2. The first-order valence-electron chi connectivity index (χ1n) is 7.59. The predicted molar refractivity (Wildman–Crippen MR) is 83.4 cm³/mol. The molecule has 0 atom stereocenters. The van der Waals surface area contributed by atoms with Gasteiger partial charge in [0.05, 0.1) is 6.61 Å². The van der Waals surface area contributed by atoms with Gasteiger partial charge in [0.2, 0.25) is 0 Å². The van der Waals surface area contributed by atoms with Crippen molar-refractivity contribution in [1.82, 2.24) is 10.2 Å². The normalized spacial score (nSPS) is 11.0. The van der Waals surface area contributed by atoms with E-state index in [4.69, 9.17) is 4.74 Å². The van der Waals surface area contributed by atoms with Crippen molar-refractivity contribution in [2.75, 3.05) is 32.8 Å². The standard InChI is InChI=1S/C16H28N2O2/c1-4-10-18(5-2)11-9-17-13-14-7-8-15(19)16(12-14)20-6-3/h7-8,12,17,19H,4-6,9-11,13H2,1-3H3. The largest absolute Gasteiger partial charge is 0.504 e. The van der Waals surface area contributed by atoms with Crippen molar-refractivity contribution in [2.45, 2.75) is 33.7 Å². The second-order valence-corrected chi connectivity index (χ2v) is 4.85. The molecular weight excluding hydrogens is 252 g/mol. The average Bonchev–Trinajstić information content (AvgIpc) is 2.45. The fraction of sp³-hybridized carbons (Fsp3) is 0.625. The zero-order chi connectivity index (χ0) is 14.8. The van der Waals surface area contributed by atoms with Gasteiger partial charge in [0.15, 0.2) is 11.5 Å². The molecule has 4 nitrogen and oxygen atoms in total. The smallest absolute Gasteiger partial charge is 0.161 e. The number of phenolic OH excluding ortho intramolecular Hbond substituents is 1. The lowest BCUT2D eigenvalue weighted by Crippen LogP contribution is -2.32. The van der Waals surface area contributed by atoms with E-state index in [2.05, 4.69) is 24.1 Å². The summed E-state index contributed by atoms with van der Waals surface area (Å²) in [5.41, 5.74) is 1.13. The van der Waals surface area contributed by atoms with Gasteiger partial charge in [-0.3, -0.25) is 0 Å². The Balaban J connectivity index is 2.36. The molecule has 1 aromatic carbocycles. The Bertz CT molecular complexity index is 383. The molecule has 1 aromatic rings. The molecule has 0 aliphatic carbocycles. The first kappa shape index (κ1) is 16.8. The molecular formula is C16H28N2O2. The van der Waals surface area contributed by atoms with Gasteiger partial charge in [-0.25, -0.2) is 0 Å². The predicted octanol–water partition coefficient (Wildman–Crippen LogP) is 2.61. The summed E-state index contributed by atoms with van der Waals surface area (Å²) in [6.45, 7) is 12.0. The molecule has 0 radical (unpaired) electrons. The number of benzene rings is 1. The molecule has 114 valence electrons. The molecule has 0 saturated carbocycles. The van der Waals surface area contributed by atoms with Gasteiger partial charge in [0.25, 0.3) is 0 Å². The van der Waals surface area contributed by atoms with Crippen molar-refractivity contribution < 1.29 is 9.84 Å². The summed E-state index contributed by atoms with van der Waals surface area (Å²) in [7, 11) is 0. The molecule has 1 rings (SSSR count). The Morgan fingerprint density at radius 3 is 2.65 bits per heavy atom. The highest BCUT2D eigenvalue weighted by atomic mass is 16.5. The van der Waals surface area contributed by atoms with Gasteiger partial charge >= 0.3 is 0 Å². The number of likely N-dealkylation sites (N-methyl/N-ethyl adjacent to an activating group) is 1. The lowest BCUT2D eigenvalue weighted by Gasteiger charge is -2.19. The second kappa shape index (κ2) is 9.61. The molecule has 0 bridgehead atoms. The van der Waals surface area contributed by atoms with E-state index in [1.54, 1.807) is 6.07 Å². The van der Waals surface area contributed by atoms with Crippen LogP contribution in [0.1, 0.15) is 32.8 Å². The molecule has 0 amide bonds. The van der Waals surface area contributed by atoms with Gasteiger partial charge in [-0.1, -0.05) is 19.9 Å². The third-order valence-electron chi connectivity index (χ3n) is 3.25. The number of nitrogens with one attached hydrogen (secondary N) is 1. The number of ether oxygens (including phenoxy) is 1. The van der Waals surface area contributed by atoms with Crippen LogP contribution in [-0.4, -0.2) is 42.8 Å². The van der Waals surface area contributed by atoms with Crippen LogP contribution >= 0.6 is 0 Å². The number of hydrogen-bond acceptors (Lipinski definition) is 4. The summed E-state index contributed by atoms with van der Waals surface area (Å²) >= 11 is 0. The monoisotopic (exact) mass is 280 g/mol. The molecule has 0 aromatic heterocycles. The molecule has 0 unspecified atom stereocenters. The van der Waals surface area contributed by atoms with Crippen LogP contribution in [0.5, 0.6) is 11.5 Å². The van der Waals surface area contributed by atoms with Gasteiger partial charge in [0.1, 0.15) is 0 Å². The first-order chi connectivity index (χ1) is 9.71. The number of aromatic hydroxyl groups is 1. The number of rotatable bonds is 10. The van der Waals surface area contributed by atoms with Crippen molar-refractivity contribution in [3.05, 3.63) is 23.8 Å². The highest BCUT2D eigenvalue weighted by Gasteiger charge is 2.04. The average molecular weight is 280 g/mol. The molecule has 20 heavy (non-hydrogen) atoms. The van der Waals surface area contributed by atoms with E-state index in [9.17, 15) is 5.11 Å². The van der Waals surface area contributed by atoms with Crippen LogP contribution in [0, 0.1) is 0 Å². The van der Waals surface area contributed by atoms with Crippen LogP contribution in [-0.2, 0) is 6.54 Å². The van der Waals surface area contributed by atoms with Gasteiger partial charge in [-0.15, -0.1) is 0 Å². The fourth-order valence-corrected chi connectivity index (χ4v) is 2.15. The Kier molecular flexibility index (Phi) is 8.07. The molecule has 0 spiro atoms. The summed E-state index contributed by atoms with van der Waals surface area (Å²) in [6, 6.07) is 5.52. The lowest BCUT2D eigenvalue weighted by molar-refractivity contribution is 0.287. The van der Waals surface area contributed by atoms with Crippen LogP contribution in [0.2, 0.25) is 0 Å². The van der Waals surface area contributed by atoms with Gasteiger partial charge in [-0.2, -0.15) is 0 Å². The quantitative estimate of drug-likeness (QED) is 0.647. The summed E-state index contributed by atoms with van der Waals surface area (Å²) in [5.74, 6) is 0.767. The fourth-order valence-electron chi connectivity index (χ4n) is 2.15. The molecule has 2 N–H and O–H groups in total. The van der Waals surface area contributed by atoms with E-state index in [1.165, 1.54) is 6.42 Å². The minimum absolute atomic E-state index is 0.204. The Hall–Kier alpha value is -1.26.